The molecule has 5 heteroatoms. The lowest BCUT2D eigenvalue weighted by atomic mass is 9.93. The van der Waals surface area contributed by atoms with Crippen LogP contribution in [-0.2, 0) is 9.59 Å². The SMILES string of the molecule is CCC(C)C1NC(=O)C(CC)N(c2cccnc2C)C1=O. The monoisotopic (exact) mass is 289 g/mol. The normalized spacial score (nSPS) is 23.9. The average Bonchev–Trinajstić information content (AvgIpc) is 2.49. The molecule has 1 aliphatic rings. The Morgan fingerprint density at radius 3 is 2.67 bits per heavy atom. The second kappa shape index (κ2) is 6.24. The number of rotatable bonds is 4. The van der Waals surface area contributed by atoms with Crippen molar-refractivity contribution in [3.8, 4) is 0 Å². The lowest BCUT2D eigenvalue weighted by molar-refractivity contribution is -0.135. The van der Waals surface area contributed by atoms with E-state index >= 15 is 0 Å². The largest absolute Gasteiger partial charge is 0.342 e. The second-order valence-corrected chi connectivity index (χ2v) is 5.61. The van der Waals surface area contributed by atoms with Crippen molar-refractivity contribution in [2.75, 3.05) is 4.90 Å². The highest BCUT2D eigenvalue weighted by atomic mass is 16.2. The van der Waals surface area contributed by atoms with Crippen LogP contribution in [0.2, 0.25) is 0 Å². The highest BCUT2D eigenvalue weighted by molar-refractivity contribution is 6.08. The van der Waals surface area contributed by atoms with Crippen LogP contribution in [0.1, 0.15) is 39.3 Å². The first-order chi connectivity index (χ1) is 10.0. The number of piperazine rings is 1. The molecule has 0 bridgehead atoms. The fourth-order valence-corrected chi connectivity index (χ4v) is 2.74. The number of nitrogens with zero attached hydrogens (tertiary/aromatic N) is 2. The molecule has 114 valence electrons. The summed E-state index contributed by atoms with van der Waals surface area (Å²) in [6.45, 7) is 7.79. The minimum atomic E-state index is -0.458. The molecule has 2 amide bonds. The van der Waals surface area contributed by atoms with Gasteiger partial charge < -0.3 is 5.32 Å². The number of hydrogen-bond donors (Lipinski definition) is 1. The van der Waals surface area contributed by atoms with Gasteiger partial charge in [-0.25, -0.2) is 0 Å². The molecule has 0 spiro atoms. The summed E-state index contributed by atoms with van der Waals surface area (Å²) in [6, 6.07) is 2.74. The van der Waals surface area contributed by atoms with Gasteiger partial charge in [-0.05, 0) is 31.4 Å². The lowest BCUT2D eigenvalue weighted by Crippen LogP contribution is -2.65. The van der Waals surface area contributed by atoms with Gasteiger partial charge in [0, 0.05) is 6.20 Å². The van der Waals surface area contributed by atoms with Crippen LogP contribution in [0.15, 0.2) is 18.3 Å². The number of aromatic nitrogens is 1. The van der Waals surface area contributed by atoms with E-state index in [1.165, 1.54) is 0 Å². The van der Waals surface area contributed by atoms with Crippen LogP contribution in [0.4, 0.5) is 5.69 Å². The molecule has 1 aliphatic heterocycles. The summed E-state index contributed by atoms with van der Waals surface area (Å²) in [7, 11) is 0. The molecule has 0 aromatic carbocycles. The molecule has 1 N–H and O–H groups in total. The van der Waals surface area contributed by atoms with Crippen molar-refractivity contribution in [3.05, 3.63) is 24.0 Å². The van der Waals surface area contributed by atoms with Gasteiger partial charge in [0.25, 0.3) is 5.91 Å². The van der Waals surface area contributed by atoms with Crippen molar-refractivity contribution in [2.24, 2.45) is 5.92 Å². The first kappa shape index (κ1) is 15.5. The average molecular weight is 289 g/mol. The molecule has 1 saturated heterocycles. The van der Waals surface area contributed by atoms with Gasteiger partial charge in [0.05, 0.1) is 11.4 Å². The zero-order valence-corrected chi connectivity index (χ0v) is 13.1. The van der Waals surface area contributed by atoms with Crippen LogP contribution in [0.5, 0.6) is 0 Å². The van der Waals surface area contributed by atoms with Crippen LogP contribution in [0, 0.1) is 12.8 Å². The molecule has 2 rings (SSSR count). The topological polar surface area (TPSA) is 62.3 Å². The van der Waals surface area contributed by atoms with E-state index in [1.54, 1.807) is 17.2 Å². The fourth-order valence-electron chi connectivity index (χ4n) is 2.74. The second-order valence-electron chi connectivity index (χ2n) is 5.61. The summed E-state index contributed by atoms with van der Waals surface area (Å²) < 4.78 is 0. The lowest BCUT2D eigenvalue weighted by Gasteiger charge is -2.40. The standard InChI is InChI=1S/C16H23N3O2/c1-5-10(3)14-16(21)19(12(6-2)15(20)18-14)13-8-7-9-17-11(13)4/h7-10,12,14H,5-6H2,1-4H3,(H,18,20). The quantitative estimate of drug-likeness (QED) is 0.922. The van der Waals surface area contributed by atoms with E-state index in [1.807, 2.05) is 33.8 Å². The Kier molecular flexibility index (Phi) is 4.60. The predicted molar refractivity (Wildman–Crippen MR) is 81.9 cm³/mol. The zero-order valence-electron chi connectivity index (χ0n) is 13.1. The van der Waals surface area contributed by atoms with Crippen LogP contribution in [0.25, 0.3) is 0 Å². The summed E-state index contributed by atoms with van der Waals surface area (Å²) in [5.74, 6) is -0.00344. The third kappa shape index (κ3) is 2.77. The minimum absolute atomic E-state index is 0.0353. The smallest absolute Gasteiger partial charge is 0.250 e. The van der Waals surface area contributed by atoms with Crippen LogP contribution >= 0.6 is 0 Å². The molecular weight excluding hydrogens is 266 g/mol. The molecule has 0 saturated carbocycles. The van der Waals surface area contributed by atoms with Gasteiger partial charge in [-0.15, -0.1) is 0 Å². The van der Waals surface area contributed by atoms with Crippen molar-refractivity contribution in [2.45, 2.75) is 52.6 Å². The van der Waals surface area contributed by atoms with Crippen LogP contribution in [0.3, 0.4) is 0 Å². The Labute approximate surface area is 125 Å². The third-order valence-corrected chi connectivity index (χ3v) is 4.25. The van der Waals surface area contributed by atoms with E-state index in [4.69, 9.17) is 0 Å². The molecular formula is C16H23N3O2. The molecule has 3 atom stereocenters. The molecule has 1 aromatic rings. The first-order valence-corrected chi connectivity index (χ1v) is 7.56. The molecule has 1 aromatic heterocycles. The summed E-state index contributed by atoms with van der Waals surface area (Å²) in [5, 5.41) is 2.89. The summed E-state index contributed by atoms with van der Waals surface area (Å²) in [4.78, 5) is 31.1. The Morgan fingerprint density at radius 2 is 2.10 bits per heavy atom. The number of carbonyl (C=O) groups is 2. The number of carbonyl (C=O) groups excluding carboxylic acids is 2. The maximum absolute atomic E-state index is 12.9. The van der Waals surface area contributed by atoms with Crippen LogP contribution < -0.4 is 10.2 Å². The van der Waals surface area contributed by atoms with E-state index in [9.17, 15) is 9.59 Å². The van der Waals surface area contributed by atoms with E-state index in [0.29, 0.717) is 6.42 Å². The van der Waals surface area contributed by atoms with Crippen LogP contribution in [-0.4, -0.2) is 28.9 Å². The molecule has 5 nitrogen and oxygen atoms in total. The number of pyridine rings is 1. The maximum atomic E-state index is 12.9. The molecule has 2 heterocycles. The summed E-state index contributed by atoms with van der Waals surface area (Å²) in [5.41, 5.74) is 1.50. The highest BCUT2D eigenvalue weighted by Gasteiger charge is 2.42. The van der Waals surface area contributed by atoms with Gasteiger partial charge >= 0.3 is 0 Å². The number of nitrogens with one attached hydrogen (secondary N) is 1. The molecule has 1 fully saturated rings. The van der Waals surface area contributed by atoms with Crippen molar-refractivity contribution in [1.82, 2.24) is 10.3 Å². The molecule has 0 aliphatic carbocycles. The summed E-state index contributed by atoms with van der Waals surface area (Å²) in [6.07, 6.45) is 3.12. The summed E-state index contributed by atoms with van der Waals surface area (Å²) >= 11 is 0. The predicted octanol–water partition coefficient (Wildman–Crippen LogP) is 2.05. The number of aryl methyl sites for hydroxylation is 1. The van der Waals surface area contributed by atoms with Crippen molar-refractivity contribution < 1.29 is 9.59 Å². The first-order valence-electron chi connectivity index (χ1n) is 7.56. The van der Waals surface area contributed by atoms with E-state index in [0.717, 1.165) is 17.8 Å². The molecule has 3 unspecified atom stereocenters. The fraction of sp³-hybridized carbons (Fsp3) is 0.562. The zero-order chi connectivity index (χ0) is 15.6. The minimum Gasteiger partial charge on any atom is -0.342 e. The van der Waals surface area contributed by atoms with Gasteiger partial charge in [0.2, 0.25) is 5.91 Å². The van der Waals surface area contributed by atoms with Gasteiger partial charge in [-0.3, -0.25) is 19.5 Å². The number of amides is 2. The molecule has 0 radical (unpaired) electrons. The van der Waals surface area contributed by atoms with Gasteiger partial charge in [0.15, 0.2) is 0 Å². The van der Waals surface area contributed by atoms with Gasteiger partial charge in [-0.1, -0.05) is 27.2 Å². The Balaban J connectivity index is 2.45. The van der Waals surface area contributed by atoms with E-state index < -0.39 is 12.1 Å². The van der Waals surface area contributed by atoms with E-state index in [-0.39, 0.29) is 17.7 Å². The van der Waals surface area contributed by atoms with Crippen molar-refractivity contribution >= 4 is 17.5 Å². The van der Waals surface area contributed by atoms with Gasteiger partial charge in [-0.2, -0.15) is 0 Å². The molecule has 21 heavy (non-hydrogen) atoms. The van der Waals surface area contributed by atoms with Gasteiger partial charge in [0.1, 0.15) is 12.1 Å². The Hall–Kier alpha value is -1.91. The van der Waals surface area contributed by atoms with Crippen molar-refractivity contribution in [3.63, 3.8) is 0 Å². The number of anilines is 1. The highest BCUT2D eigenvalue weighted by Crippen LogP contribution is 2.27. The van der Waals surface area contributed by atoms with Crippen molar-refractivity contribution in [1.29, 1.82) is 0 Å². The van der Waals surface area contributed by atoms with E-state index in [2.05, 4.69) is 10.3 Å². The Morgan fingerprint density at radius 1 is 1.38 bits per heavy atom. The Bertz CT molecular complexity index is 544. The maximum Gasteiger partial charge on any atom is 0.250 e. The third-order valence-electron chi connectivity index (χ3n) is 4.25. The number of hydrogen-bond acceptors (Lipinski definition) is 3.